The number of esters is 1. The number of hydrogen-bond donors (Lipinski definition) is 2. The number of amides is 1. The molecule has 1 aliphatic rings. The molecule has 0 aromatic carbocycles. The van der Waals surface area contributed by atoms with Crippen LogP contribution < -0.4 is 11.1 Å². The Morgan fingerprint density at radius 3 is 2.57 bits per heavy atom. The highest BCUT2D eigenvalue weighted by Crippen LogP contribution is 2.35. The fourth-order valence-electron chi connectivity index (χ4n) is 2.98. The van der Waals surface area contributed by atoms with Crippen LogP contribution in [0, 0.1) is 12.8 Å². The Kier molecular flexibility index (Phi) is 7.51. The zero-order chi connectivity index (χ0) is 16.3. The number of nitrogens with two attached hydrogens (primary N) is 1. The van der Waals surface area contributed by atoms with Gasteiger partial charge in [0.1, 0.15) is 5.00 Å². The lowest BCUT2D eigenvalue weighted by molar-refractivity contribution is -0.119. The van der Waals surface area contributed by atoms with Crippen LogP contribution in [0.25, 0.3) is 0 Å². The maximum Gasteiger partial charge on any atom is 0.341 e. The fraction of sp³-hybridized carbons (Fsp3) is 0.625. The van der Waals surface area contributed by atoms with Gasteiger partial charge in [-0.05, 0) is 45.1 Å². The molecule has 0 saturated heterocycles. The number of thiophene rings is 1. The minimum Gasteiger partial charge on any atom is -0.462 e. The molecule has 0 spiro atoms. The lowest BCUT2D eigenvalue weighted by atomic mass is 10.1. The van der Waals surface area contributed by atoms with E-state index in [0.717, 1.165) is 29.7 Å². The third-order valence-corrected chi connectivity index (χ3v) is 5.19. The van der Waals surface area contributed by atoms with Gasteiger partial charge >= 0.3 is 5.97 Å². The summed E-state index contributed by atoms with van der Waals surface area (Å²) in [7, 11) is 0. The van der Waals surface area contributed by atoms with Crippen LogP contribution >= 0.6 is 23.7 Å². The predicted octanol–water partition coefficient (Wildman–Crippen LogP) is 3.28. The minimum atomic E-state index is -0.359. The Morgan fingerprint density at radius 2 is 2.04 bits per heavy atom. The van der Waals surface area contributed by atoms with Crippen LogP contribution in [0.5, 0.6) is 0 Å². The molecule has 0 aliphatic heterocycles. The van der Waals surface area contributed by atoms with Gasteiger partial charge in [-0.25, -0.2) is 4.79 Å². The second kappa shape index (κ2) is 8.66. The minimum absolute atomic E-state index is 0. The van der Waals surface area contributed by atoms with Crippen molar-refractivity contribution in [3.05, 3.63) is 16.0 Å². The molecule has 130 valence electrons. The first-order valence-corrected chi connectivity index (χ1v) is 8.65. The standard InChI is InChI=1S/C16H24N2O3S.ClH/c1-4-12-9(3)22-15(13(12)16(20)21-5-2)18-14(19)10-6-7-11(17)8-10;/h10-11H,4-8,17H2,1-3H3,(H,18,19);1H. The Hall–Kier alpha value is -1.11. The molecule has 1 heterocycles. The number of ether oxygens (including phenoxy) is 1. The van der Waals surface area contributed by atoms with Gasteiger partial charge in [-0.1, -0.05) is 6.92 Å². The molecule has 2 unspecified atom stereocenters. The highest BCUT2D eigenvalue weighted by molar-refractivity contribution is 7.16. The summed E-state index contributed by atoms with van der Waals surface area (Å²) in [6, 6.07) is 0.108. The summed E-state index contributed by atoms with van der Waals surface area (Å²) < 4.78 is 5.14. The number of rotatable bonds is 5. The Balaban J connectivity index is 0.00000264. The maximum absolute atomic E-state index is 12.4. The zero-order valence-corrected chi connectivity index (χ0v) is 15.4. The summed E-state index contributed by atoms with van der Waals surface area (Å²) in [5.41, 5.74) is 7.35. The molecular formula is C16H25ClN2O3S. The van der Waals surface area contributed by atoms with Gasteiger partial charge in [0.25, 0.3) is 0 Å². The molecule has 0 bridgehead atoms. The zero-order valence-electron chi connectivity index (χ0n) is 13.8. The summed E-state index contributed by atoms with van der Waals surface area (Å²) in [5.74, 6) is -0.456. The van der Waals surface area contributed by atoms with Crippen molar-refractivity contribution in [3.63, 3.8) is 0 Å². The first-order chi connectivity index (χ1) is 10.5. The summed E-state index contributed by atoms with van der Waals surface area (Å²) in [6.07, 6.45) is 3.14. The summed E-state index contributed by atoms with van der Waals surface area (Å²) in [5, 5.41) is 3.54. The smallest absolute Gasteiger partial charge is 0.341 e. The number of carbonyl (C=O) groups excluding carboxylic acids is 2. The van der Waals surface area contributed by atoms with Gasteiger partial charge in [0.15, 0.2) is 0 Å². The molecule has 1 aromatic heterocycles. The molecule has 0 radical (unpaired) electrons. The number of carbonyl (C=O) groups is 2. The first kappa shape index (κ1) is 19.9. The van der Waals surface area contributed by atoms with E-state index in [1.807, 2.05) is 13.8 Å². The van der Waals surface area contributed by atoms with E-state index in [1.54, 1.807) is 6.92 Å². The molecule has 1 saturated carbocycles. The van der Waals surface area contributed by atoms with E-state index in [0.29, 0.717) is 23.6 Å². The van der Waals surface area contributed by atoms with Crippen molar-refractivity contribution in [2.45, 2.75) is 52.5 Å². The number of halogens is 1. The largest absolute Gasteiger partial charge is 0.462 e. The van der Waals surface area contributed by atoms with Crippen LogP contribution in [0.3, 0.4) is 0 Å². The third-order valence-electron chi connectivity index (χ3n) is 4.12. The Morgan fingerprint density at radius 1 is 1.35 bits per heavy atom. The third kappa shape index (κ3) is 4.46. The van der Waals surface area contributed by atoms with Gasteiger partial charge in [-0.15, -0.1) is 23.7 Å². The van der Waals surface area contributed by atoms with Crippen LogP contribution in [0.1, 0.15) is 53.9 Å². The Bertz CT molecular complexity index is 574. The van der Waals surface area contributed by atoms with Gasteiger partial charge in [-0.2, -0.15) is 0 Å². The molecule has 23 heavy (non-hydrogen) atoms. The predicted molar refractivity (Wildman–Crippen MR) is 95.6 cm³/mol. The van der Waals surface area contributed by atoms with E-state index >= 15 is 0 Å². The lowest BCUT2D eigenvalue weighted by Crippen LogP contribution is -2.23. The molecule has 1 fully saturated rings. The van der Waals surface area contributed by atoms with Crippen LogP contribution in [-0.4, -0.2) is 24.5 Å². The quantitative estimate of drug-likeness (QED) is 0.789. The molecule has 2 rings (SSSR count). The maximum atomic E-state index is 12.4. The molecule has 1 amide bonds. The van der Waals surface area contributed by atoms with Gasteiger partial charge in [0, 0.05) is 16.8 Å². The van der Waals surface area contributed by atoms with Gasteiger partial charge in [0.2, 0.25) is 5.91 Å². The van der Waals surface area contributed by atoms with Crippen molar-refractivity contribution in [3.8, 4) is 0 Å². The first-order valence-electron chi connectivity index (χ1n) is 7.83. The number of aryl methyl sites for hydroxylation is 1. The van der Waals surface area contributed by atoms with Crippen molar-refractivity contribution >= 4 is 40.6 Å². The van der Waals surface area contributed by atoms with Gasteiger partial charge < -0.3 is 15.8 Å². The van der Waals surface area contributed by atoms with E-state index < -0.39 is 0 Å². The van der Waals surface area contributed by atoms with Crippen LogP contribution in [0.2, 0.25) is 0 Å². The van der Waals surface area contributed by atoms with E-state index in [1.165, 1.54) is 11.3 Å². The molecular weight excluding hydrogens is 336 g/mol. The topological polar surface area (TPSA) is 81.4 Å². The Labute approximate surface area is 147 Å². The van der Waals surface area contributed by atoms with Crippen molar-refractivity contribution in [2.75, 3.05) is 11.9 Å². The van der Waals surface area contributed by atoms with E-state index in [4.69, 9.17) is 10.5 Å². The van der Waals surface area contributed by atoms with Crippen molar-refractivity contribution in [1.29, 1.82) is 0 Å². The second-order valence-electron chi connectivity index (χ2n) is 5.67. The average molecular weight is 361 g/mol. The van der Waals surface area contributed by atoms with Crippen molar-refractivity contribution < 1.29 is 14.3 Å². The highest BCUT2D eigenvalue weighted by Gasteiger charge is 2.30. The monoisotopic (exact) mass is 360 g/mol. The van der Waals surface area contributed by atoms with E-state index in [-0.39, 0.29) is 36.2 Å². The van der Waals surface area contributed by atoms with Crippen LogP contribution in [-0.2, 0) is 16.0 Å². The van der Waals surface area contributed by atoms with Gasteiger partial charge in [-0.3, -0.25) is 4.79 Å². The SMILES string of the molecule is CCOC(=O)c1c(NC(=O)C2CCC(N)C2)sc(C)c1CC.Cl. The van der Waals surface area contributed by atoms with Crippen molar-refractivity contribution in [1.82, 2.24) is 0 Å². The van der Waals surface area contributed by atoms with Crippen LogP contribution in [0.4, 0.5) is 5.00 Å². The summed E-state index contributed by atoms with van der Waals surface area (Å²) in [4.78, 5) is 25.7. The van der Waals surface area contributed by atoms with Crippen LogP contribution in [0.15, 0.2) is 0 Å². The van der Waals surface area contributed by atoms with E-state index in [2.05, 4.69) is 5.32 Å². The lowest BCUT2D eigenvalue weighted by Gasteiger charge is -2.11. The summed E-state index contributed by atoms with van der Waals surface area (Å²) >= 11 is 1.44. The highest BCUT2D eigenvalue weighted by atomic mass is 35.5. The molecule has 7 heteroatoms. The fourth-order valence-corrected chi connectivity index (χ4v) is 4.12. The molecule has 5 nitrogen and oxygen atoms in total. The molecule has 2 atom stereocenters. The number of nitrogens with one attached hydrogen (secondary N) is 1. The molecule has 1 aliphatic carbocycles. The van der Waals surface area contributed by atoms with Gasteiger partial charge in [0.05, 0.1) is 12.2 Å². The average Bonchev–Trinajstić information content (AvgIpc) is 3.02. The number of anilines is 1. The summed E-state index contributed by atoms with van der Waals surface area (Å²) in [6.45, 7) is 6.06. The normalized spacial score (nSPS) is 20.0. The second-order valence-corrected chi connectivity index (χ2v) is 6.90. The number of hydrogen-bond acceptors (Lipinski definition) is 5. The van der Waals surface area contributed by atoms with E-state index in [9.17, 15) is 9.59 Å². The molecule has 3 N–H and O–H groups in total. The van der Waals surface area contributed by atoms with Crippen molar-refractivity contribution in [2.24, 2.45) is 11.7 Å². The molecule has 1 aromatic rings.